The molecule has 0 aliphatic carbocycles. The van der Waals surface area contributed by atoms with Crippen molar-refractivity contribution in [3.8, 4) is 0 Å². The number of amides is 1. The van der Waals surface area contributed by atoms with Crippen LogP contribution >= 0.6 is 0 Å². The molecule has 0 aromatic heterocycles. The number of para-hydroxylation sites is 1. The van der Waals surface area contributed by atoms with E-state index in [4.69, 9.17) is 0 Å². The van der Waals surface area contributed by atoms with Gasteiger partial charge in [0.05, 0.1) is 0 Å². The maximum Gasteiger partial charge on any atom is 0.246 e. The lowest BCUT2D eigenvalue weighted by atomic mass is 9.93. The van der Waals surface area contributed by atoms with Crippen LogP contribution in [0.1, 0.15) is 17.2 Å². The minimum Gasteiger partial charge on any atom is -0.320 e. The summed E-state index contributed by atoms with van der Waals surface area (Å²) in [4.78, 5) is 12.3. The first-order chi connectivity index (χ1) is 10.6. The van der Waals surface area contributed by atoms with Crippen molar-refractivity contribution < 1.29 is 18.0 Å². The number of nitrogens with one attached hydrogen (secondary N) is 2. The Morgan fingerprint density at radius 3 is 2.59 bits per heavy atom. The molecule has 1 aliphatic heterocycles. The summed E-state index contributed by atoms with van der Waals surface area (Å²) in [7, 11) is 0. The maximum atomic E-state index is 13.6. The number of carbonyl (C=O) groups is 1. The predicted octanol–water partition coefficient (Wildman–Crippen LogP) is 2.93. The molecule has 1 unspecified atom stereocenters. The first-order valence-electron chi connectivity index (χ1n) is 6.83. The standard InChI is InChI=1S/C16H13F3N2O/c17-10-4-5-11-9(8-10)6-7-20-14(11)16(22)21-15-12(18)2-1-3-13(15)19/h1-5,8,14,20H,6-7H2,(H,21,22). The molecule has 0 saturated heterocycles. The molecule has 22 heavy (non-hydrogen) atoms. The molecule has 114 valence electrons. The van der Waals surface area contributed by atoms with Crippen LogP contribution in [-0.2, 0) is 11.2 Å². The van der Waals surface area contributed by atoms with Gasteiger partial charge in [-0.05, 0) is 41.8 Å². The molecule has 0 saturated carbocycles. The van der Waals surface area contributed by atoms with Gasteiger partial charge in [0, 0.05) is 6.54 Å². The summed E-state index contributed by atoms with van der Waals surface area (Å²) in [6.07, 6.45) is 0.588. The van der Waals surface area contributed by atoms with Crippen molar-refractivity contribution in [3.63, 3.8) is 0 Å². The molecular formula is C16H13F3N2O. The van der Waals surface area contributed by atoms with Gasteiger partial charge < -0.3 is 10.6 Å². The molecule has 3 nitrogen and oxygen atoms in total. The summed E-state index contributed by atoms with van der Waals surface area (Å²) in [6, 6.07) is 6.72. The van der Waals surface area contributed by atoms with Crippen LogP contribution in [0.2, 0.25) is 0 Å². The van der Waals surface area contributed by atoms with Gasteiger partial charge in [-0.3, -0.25) is 4.79 Å². The largest absolute Gasteiger partial charge is 0.320 e. The number of carbonyl (C=O) groups excluding carboxylic acids is 1. The molecule has 2 N–H and O–H groups in total. The van der Waals surface area contributed by atoms with Crippen LogP contribution in [0.5, 0.6) is 0 Å². The van der Waals surface area contributed by atoms with Crippen molar-refractivity contribution in [2.24, 2.45) is 0 Å². The summed E-state index contributed by atoms with van der Waals surface area (Å²) < 4.78 is 40.5. The van der Waals surface area contributed by atoms with E-state index >= 15 is 0 Å². The van der Waals surface area contributed by atoms with E-state index in [2.05, 4.69) is 10.6 Å². The van der Waals surface area contributed by atoms with Gasteiger partial charge in [-0.1, -0.05) is 12.1 Å². The lowest BCUT2D eigenvalue weighted by Crippen LogP contribution is -2.38. The zero-order valence-electron chi connectivity index (χ0n) is 11.5. The number of halogens is 3. The average Bonchev–Trinajstić information content (AvgIpc) is 2.50. The third-order valence-electron chi connectivity index (χ3n) is 3.63. The van der Waals surface area contributed by atoms with E-state index in [1.807, 2.05) is 0 Å². The van der Waals surface area contributed by atoms with Crippen molar-refractivity contribution >= 4 is 11.6 Å². The van der Waals surface area contributed by atoms with Crippen molar-refractivity contribution in [3.05, 3.63) is 65.0 Å². The number of benzene rings is 2. The molecule has 0 radical (unpaired) electrons. The fourth-order valence-electron chi connectivity index (χ4n) is 2.58. The minimum absolute atomic E-state index is 0.375. The lowest BCUT2D eigenvalue weighted by Gasteiger charge is -2.26. The highest BCUT2D eigenvalue weighted by Crippen LogP contribution is 2.26. The first kappa shape index (κ1) is 14.6. The number of anilines is 1. The SMILES string of the molecule is O=C(Nc1c(F)cccc1F)C1NCCc2cc(F)ccc21. The van der Waals surface area contributed by atoms with Gasteiger partial charge in [-0.2, -0.15) is 0 Å². The maximum absolute atomic E-state index is 13.6. The van der Waals surface area contributed by atoms with Gasteiger partial charge in [-0.25, -0.2) is 13.2 Å². The van der Waals surface area contributed by atoms with E-state index in [-0.39, 0.29) is 5.82 Å². The molecule has 0 spiro atoms. The Hall–Kier alpha value is -2.34. The molecule has 1 atom stereocenters. The van der Waals surface area contributed by atoms with E-state index in [0.717, 1.165) is 12.1 Å². The first-order valence-corrected chi connectivity index (χ1v) is 6.83. The van der Waals surface area contributed by atoms with Crippen LogP contribution in [0.25, 0.3) is 0 Å². The number of hydrogen-bond acceptors (Lipinski definition) is 2. The summed E-state index contributed by atoms with van der Waals surface area (Å²) in [5.74, 6) is -2.65. The highest BCUT2D eigenvalue weighted by atomic mass is 19.1. The highest BCUT2D eigenvalue weighted by Gasteiger charge is 2.27. The normalized spacial score (nSPS) is 17.0. The number of hydrogen-bond donors (Lipinski definition) is 2. The Morgan fingerprint density at radius 1 is 1.14 bits per heavy atom. The summed E-state index contributed by atoms with van der Waals surface area (Å²) in [6.45, 7) is 0.480. The van der Waals surface area contributed by atoms with E-state index in [0.29, 0.717) is 24.1 Å². The summed E-state index contributed by atoms with van der Waals surface area (Å²) >= 11 is 0. The van der Waals surface area contributed by atoms with E-state index < -0.39 is 29.3 Å². The van der Waals surface area contributed by atoms with E-state index in [9.17, 15) is 18.0 Å². The fourth-order valence-corrected chi connectivity index (χ4v) is 2.58. The van der Waals surface area contributed by atoms with Crippen molar-refractivity contribution in [1.82, 2.24) is 5.32 Å². The summed E-state index contributed by atoms with van der Waals surface area (Å²) in [5, 5.41) is 5.23. The van der Waals surface area contributed by atoms with Crippen molar-refractivity contribution in [2.75, 3.05) is 11.9 Å². The molecule has 2 aromatic carbocycles. The number of fused-ring (bicyclic) bond motifs is 1. The van der Waals surface area contributed by atoms with Crippen LogP contribution in [0.3, 0.4) is 0 Å². The van der Waals surface area contributed by atoms with Crippen LogP contribution in [0.15, 0.2) is 36.4 Å². The second-order valence-corrected chi connectivity index (χ2v) is 5.07. The molecule has 0 bridgehead atoms. The van der Waals surface area contributed by atoms with Crippen LogP contribution < -0.4 is 10.6 Å². The van der Waals surface area contributed by atoms with Gasteiger partial charge >= 0.3 is 0 Å². The Balaban J connectivity index is 1.88. The molecule has 1 heterocycles. The minimum atomic E-state index is -0.844. The van der Waals surface area contributed by atoms with Gasteiger partial charge in [0.1, 0.15) is 29.2 Å². The second-order valence-electron chi connectivity index (χ2n) is 5.07. The Kier molecular flexibility index (Phi) is 3.85. The van der Waals surface area contributed by atoms with Gasteiger partial charge in [-0.15, -0.1) is 0 Å². The van der Waals surface area contributed by atoms with E-state index in [1.165, 1.54) is 24.3 Å². The van der Waals surface area contributed by atoms with Crippen LogP contribution in [-0.4, -0.2) is 12.5 Å². The quantitative estimate of drug-likeness (QED) is 0.896. The topological polar surface area (TPSA) is 41.1 Å². The molecule has 0 fully saturated rings. The Labute approximate surface area is 125 Å². The number of rotatable bonds is 2. The third-order valence-corrected chi connectivity index (χ3v) is 3.63. The highest BCUT2D eigenvalue weighted by molar-refractivity contribution is 5.96. The van der Waals surface area contributed by atoms with Gasteiger partial charge in [0.15, 0.2) is 0 Å². The van der Waals surface area contributed by atoms with E-state index in [1.54, 1.807) is 0 Å². The summed E-state index contributed by atoms with van der Waals surface area (Å²) in [5.41, 5.74) is 0.846. The van der Waals surface area contributed by atoms with Crippen LogP contribution in [0.4, 0.5) is 18.9 Å². The molecular weight excluding hydrogens is 293 g/mol. The Bertz CT molecular complexity index is 713. The van der Waals surface area contributed by atoms with Crippen LogP contribution in [0, 0.1) is 17.5 Å². The molecule has 2 aromatic rings. The molecule has 6 heteroatoms. The van der Waals surface area contributed by atoms with Gasteiger partial charge in [0.25, 0.3) is 0 Å². The molecule has 3 rings (SSSR count). The predicted molar refractivity (Wildman–Crippen MR) is 75.8 cm³/mol. The van der Waals surface area contributed by atoms with Crippen molar-refractivity contribution in [1.29, 1.82) is 0 Å². The monoisotopic (exact) mass is 306 g/mol. The lowest BCUT2D eigenvalue weighted by molar-refractivity contribution is -0.118. The zero-order valence-corrected chi connectivity index (χ0v) is 11.5. The third kappa shape index (κ3) is 2.69. The zero-order chi connectivity index (χ0) is 15.7. The smallest absolute Gasteiger partial charge is 0.246 e. The fraction of sp³-hybridized carbons (Fsp3) is 0.188. The van der Waals surface area contributed by atoms with Crippen molar-refractivity contribution in [2.45, 2.75) is 12.5 Å². The average molecular weight is 306 g/mol. The second kappa shape index (κ2) is 5.81. The Morgan fingerprint density at radius 2 is 1.86 bits per heavy atom. The molecule has 1 amide bonds. The molecule has 1 aliphatic rings. The van der Waals surface area contributed by atoms with Gasteiger partial charge in [0.2, 0.25) is 5.91 Å².